The summed E-state index contributed by atoms with van der Waals surface area (Å²) < 4.78 is 0. The van der Waals surface area contributed by atoms with Crippen LogP contribution in [0.2, 0.25) is 0 Å². The quantitative estimate of drug-likeness (QED) is 0.166. The van der Waals surface area contributed by atoms with Crippen molar-refractivity contribution < 1.29 is 4.79 Å². The van der Waals surface area contributed by atoms with Crippen LogP contribution in [0, 0.1) is 12.3 Å². The smallest absolute Gasteiger partial charge is 0.230 e. The fourth-order valence-electron chi connectivity index (χ4n) is 5.58. The van der Waals surface area contributed by atoms with Gasteiger partial charge in [-0.15, -0.1) is 0 Å². The molecular weight excluding hydrogens is 574 g/mol. The Labute approximate surface area is 279 Å². The summed E-state index contributed by atoms with van der Waals surface area (Å²) in [5, 5.41) is 3.08. The summed E-state index contributed by atoms with van der Waals surface area (Å²) in [5.41, 5.74) is 10.4. The summed E-state index contributed by atoms with van der Waals surface area (Å²) >= 11 is 0. The summed E-state index contributed by atoms with van der Waals surface area (Å²) in [7, 11) is 0. The number of hydrogen-bond acceptors (Lipinski definition) is 3. The lowest BCUT2D eigenvalue weighted by Gasteiger charge is -2.26. The predicted octanol–water partition coefficient (Wildman–Crippen LogP) is 12.0. The first-order chi connectivity index (χ1) is 22.8. The number of hydrogen-bond donors (Lipinski definition) is 1. The van der Waals surface area contributed by atoms with Gasteiger partial charge in [-0.2, -0.15) is 0 Å². The van der Waals surface area contributed by atoms with Crippen molar-refractivity contribution in [3.63, 3.8) is 0 Å². The van der Waals surface area contributed by atoms with Crippen LogP contribution < -0.4 is 15.1 Å². The summed E-state index contributed by atoms with van der Waals surface area (Å²) in [5.74, 6) is 0.0271. The van der Waals surface area contributed by atoms with Crippen LogP contribution in [0.25, 0.3) is 11.1 Å². The number of para-hydroxylation sites is 2. The largest absolute Gasteiger partial charge is 0.326 e. The number of benzene rings is 6. The summed E-state index contributed by atoms with van der Waals surface area (Å²) in [4.78, 5) is 17.3. The molecule has 0 saturated heterocycles. The normalized spacial score (nSPS) is 11.1. The minimum Gasteiger partial charge on any atom is -0.326 e. The van der Waals surface area contributed by atoms with Crippen LogP contribution >= 0.6 is 0 Å². The van der Waals surface area contributed by atoms with Crippen molar-refractivity contribution in [3.05, 3.63) is 163 Å². The number of amides is 1. The maximum atomic E-state index is 12.7. The molecule has 0 spiro atoms. The Morgan fingerprint density at radius 1 is 0.532 bits per heavy atom. The molecule has 47 heavy (non-hydrogen) atoms. The Morgan fingerprint density at radius 3 is 1.38 bits per heavy atom. The van der Waals surface area contributed by atoms with Gasteiger partial charge in [-0.1, -0.05) is 93.6 Å². The van der Waals surface area contributed by atoms with Crippen LogP contribution in [0.5, 0.6) is 0 Å². The number of anilines is 7. The summed E-state index contributed by atoms with van der Waals surface area (Å²) in [6.45, 7) is 8.10. The van der Waals surface area contributed by atoms with Crippen LogP contribution in [0.3, 0.4) is 0 Å². The van der Waals surface area contributed by atoms with E-state index in [9.17, 15) is 4.79 Å². The third kappa shape index (κ3) is 7.13. The van der Waals surface area contributed by atoms with Crippen molar-refractivity contribution >= 4 is 45.7 Å². The maximum absolute atomic E-state index is 12.7. The van der Waals surface area contributed by atoms with Gasteiger partial charge in [-0.05, 0) is 115 Å². The predicted molar refractivity (Wildman–Crippen MR) is 199 cm³/mol. The molecule has 0 saturated carbocycles. The summed E-state index contributed by atoms with van der Waals surface area (Å²) in [6, 6.07) is 55.0. The molecule has 1 amide bonds. The molecule has 0 aromatic heterocycles. The Balaban J connectivity index is 1.27. The highest BCUT2D eigenvalue weighted by Gasteiger charge is 2.25. The van der Waals surface area contributed by atoms with E-state index in [-0.39, 0.29) is 5.91 Å². The van der Waals surface area contributed by atoms with Crippen molar-refractivity contribution in [2.75, 3.05) is 15.1 Å². The zero-order valence-electron chi connectivity index (χ0n) is 27.5. The lowest BCUT2D eigenvalue weighted by molar-refractivity contribution is -0.124. The van der Waals surface area contributed by atoms with Crippen LogP contribution in [-0.4, -0.2) is 5.91 Å². The van der Waals surface area contributed by atoms with Crippen molar-refractivity contribution in [1.29, 1.82) is 0 Å². The molecule has 4 heteroatoms. The molecule has 6 aromatic rings. The third-order valence-corrected chi connectivity index (χ3v) is 8.75. The molecule has 0 radical (unpaired) electrons. The SMILES string of the molecule is CCC(C)(C)C(=O)Nc1ccc(N(c2ccccc2)c2ccc(-c3ccc(N(c4ccccc4)c4cccc(C)c4)cc3)cc2)cc1. The zero-order valence-corrected chi connectivity index (χ0v) is 27.5. The average Bonchev–Trinajstić information content (AvgIpc) is 3.11. The number of nitrogens with zero attached hydrogens (tertiary/aromatic N) is 2. The van der Waals surface area contributed by atoms with E-state index in [1.165, 1.54) is 5.56 Å². The highest BCUT2D eigenvalue weighted by atomic mass is 16.2. The van der Waals surface area contributed by atoms with Gasteiger partial charge in [-0.3, -0.25) is 4.79 Å². The Kier molecular flexibility index (Phi) is 9.21. The molecule has 0 bridgehead atoms. The zero-order chi connectivity index (χ0) is 32.8. The minimum atomic E-state index is -0.418. The Morgan fingerprint density at radius 2 is 0.936 bits per heavy atom. The molecule has 0 atom stereocenters. The third-order valence-electron chi connectivity index (χ3n) is 8.75. The molecule has 1 N–H and O–H groups in total. The fraction of sp³-hybridized carbons (Fsp3) is 0.140. The van der Waals surface area contributed by atoms with Gasteiger partial charge in [0.1, 0.15) is 0 Å². The molecule has 0 heterocycles. The van der Waals surface area contributed by atoms with E-state index in [4.69, 9.17) is 0 Å². The van der Waals surface area contributed by atoms with Crippen molar-refractivity contribution in [3.8, 4) is 11.1 Å². The van der Waals surface area contributed by atoms with E-state index < -0.39 is 5.41 Å². The van der Waals surface area contributed by atoms with Crippen molar-refractivity contribution in [2.45, 2.75) is 34.1 Å². The molecule has 0 aliphatic rings. The van der Waals surface area contributed by atoms with Gasteiger partial charge in [0.05, 0.1) is 0 Å². The van der Waals surface area contributed by atoms with Gasteiger partial charge in [-0.25, -0.2) is 0 Å². The second-order valence-electron chi connectivity index (χ2n) is 12.5. The first kappa shape index (κ1) is 31.4. The number of rotatable bonds is 10. The van der Waals surface area contributed by atoms with E-state index in [0.717, 1.165) is 57.4 Å². The molecule has 234 valence electrons. The highest BCUT2D eigenvalue weighted by Crippen LogP contribution is 2.38. The number of nitrogens with one attached hydrogen (secondary N) is 1. The Hall–Kier alpha value is -5.61. The van der Waals surface area contributed by atoms with Crippen LogP contribution in [0.4, 0.5) is 39.8 Å². The number of aryl methyl sites for hydroxylation is 1. The van der Waals surface area contributed by atoms with Gasteiger partial charge in [0.25, 0.3) is 0 Å². The summed E-state index contributed by atoms with van der Waals surface area (Å²) in [6.07, 6.45) is 0.776. The highest BCUT2D eigenvalue weighted by molar-refractivity contribution is 5.95. The molecule has 6 aromatic carbocycles. The maximum Gasteiger partial charge on any atom is 0.230 e. The average molecular weight is 616 g/mol. The molecule has 6 rings (SSSR count). The van der Waals surface area contributed by atoms with Crippen molar-refractivity contribution in [2.24, 2.45) is 5.41 Å². The second-order valence-corrected chi connectivity index (χ2v) is 12.5. The minimum absolute atomic E-state index is 0.0271. The van der Waals surface area contributed by atoms with Gasteiger partial charge in [0.2, 0.25) is 5.91 Å². The van der Waals surface area contributed by atoms with E-state index in [1.54, 1.807) is 0 Å². The van der Waals surface area contributed by atoms with Crippen LogP contribution in [-0.2, 0) is 4.79 Å². The first-order valence-electron chi connectivity index (χ1n) is 16.2. The number of carbonyl (C=O) groups excluding carboxylic acids is 1. The van der Waals surface area contributed by atoms with E-state index in [2.05, 4.69) is 156 Å². The van der Waals surface area contributed by atoms with Crippen LogP contribution in [0.1, 0.15) is 32.8 Å². The van der Waals surface area contributed by atoms with E-state index >= 15 is 0 Å². The van der Waals surface area contributed by atoms with E-state index in [1.807, 2.05) is 45.0 Å². The first-order valence-corrected chi connectivity index (χ1v) is 16.2. The Bertz CT molecular complexity index is 1920. The van der Waals surface area contributed by atoms with Crippen LogP contribution in [0.15, 0.2) is 158 Å². The second kappa shape index (κ2) is 13.8. The van der Waals surface area contributed by atoms with Gasteiger partial charge < -0.3 is 15.1 Å². The monoisotopic (exact) mass is 615 g/mol. The molecule has 0 fully saturated rings. The van der Waals surface area contributed by atoms with E-state index in [0.29, 0.717) is 0 Å². The number of carbonyl (C=O) groups is 1. The molecule has 0 aliphatic heterocycles. The standard InChI is InChI=1S/C43H41N3O/c1-5-43(3,4)42(47)44-35-23-29-40(30-24-35)45(36-14-8-6-9-15-36)38-25-19-33(20-26-38)34-21-27-39(28-22-34)46(37-16-10-7-11-17-37)41-18-12-13-32(2)31-41/h6-31H,5H2,1-4H3,(H,44,47). The molecule has 4 nitrogen and oxygen atoms in total. The molecule has 0 unspecified atom stereocenters. The molecule has 0 aliphatic carbocycles. The van der Waals surface area contributed by atoms with Gasteiger partial charge in [0, 0.05) is 45.2 Å². The topological polar surface area (TPSA) is 35.6 Å². The van der Waals surface area contributed by atoms with Crippen molar-refractivity contribution in [1.82, 2.24) is 0 Å². The fourth-order valence-corrected chi connectivity index (χ4v) is 5.58. The lowest BCUT2D eigenvalue weighted by atomic mass is 9.89. The molecular formula is C43H41N3O. The van der Waals surface area contributed by atoms with Gasteiger partial charge >= 0.3 is 0 Å². The lowest BCUT2D eigenvalue weighted by Crippen LogP contribution is -2.29. The van der Waals surface area contributed by atoms with Gasteiger partial charge in [0.15, 0.2) is 0 Å².